The number of nitrogens with two attached hydrogens (primary N) is 1. The van der Waals surface area contributed by atoms with Crippen molar-refractivity contribution in [2.75, 3.05) is 13.2 Å². The van der Waals surface area contributed by atoms with E-state index in [2.05, 4.69) is 37.3 Å². The molecule has 0 fully saturated rings. The molecule has 0 spiro atoms. The van der Waals surface area contributed by atoms with Gasteiger partial charge in [-0.15, -0.1) is 0 Å². The minimum absolute atomic E-state index is 0.107. The quantitative estimate of drug-likeness (QED) is 0.938. The summed E-state index contributed by atoms with van der Waals surface area (Å²) in [4.78, 5) is 0. The van der Waals surface area contributed by atoms with E-state index in [1.807, 2.05) is 12.1 Å². The van der Waals surface area contributed by atoms with Crippen molar-refractivity contribution >= 4 is 0 Å². The summed E-state index contributed by atoms with van der Waals surface area (Å²) < 4.78 is 11.1. The summed E-state index contributed by atoms with van der Waals surface area (Å²) >= 11 is 0. The first-order valence-corrected chi connectivity index (χ1v) is 7.40. The first kappa shape index (κ1) is 14.0. The predicted molar refractivity (Wildman–Crippen MR) is 84.0 cm³/mol. The van der Waals surface area contributed by atoms with Crippen LogP contribution in [-0.2, 0) is 12.8 Å². The van der Waals surface area contributed by atoms with Gasteiger partial charge in [0.2, 0.25) is 0 Å². The Morgan fingerprint density at radius 2 is 1.52 bits per heavy atom. The van der Waals surface area contributed by atoms with E-state index in [0.717, 1.165) is 24.3 Å². The smallest absolute Gasteiger partial charge is 0.161 e. The fourth-order valence-electron chi connectivity index (χ4n) is 2.62. The van der Waals surface area contributed by atoms with E-state index in [1.165, 1.54) is 16.7 Å². The number of benzene rings is 2. The van der Waals surface area contributed by atoms with E-state index in [-0.39, 0.29) is 6.04 Å². The summed E-state index contributed by atoms with van der Waals surface area (Å²) in [5, 5.41) is 0. The molecule has 2 aromatic rings. The molecule has 0 aromatic heterocycles. The summed E-state index contributed by atoms with van der Waals surface area (Å²) in [5.74, 6) is 1.67. The highest BCUT2D eigenvalue weighted by atomic mass is 16.6. The van der Waals surface area contributed by atoms with Crippen LogP contribution in [0.2, 0.25) is 0 Å². The zero-order valence-electron chi connectivity index (χ0n) is 12.3. The first-order chi connectivity index (χ1) is 10.2. The normalized spacial score (nSPS) is 14.8. The predicted octanol–water partition coefficient (Wildman–Crippen LogP) is 2.88. The number of hydrogen-bond donors (Lipinski definition) is 1. The van der Waals surface area contributed by atoms with Gasteiger partial charge in [0.25, 0.3) is 0 Å². The maximum absolute atomic E-state index is 6.28. The molecule has 1 aliphatic heterocycles. The van der Waals surface area contributed by atoms with Crippen molar-refractivity contribution in [1.29, 1.82) is 0 Å². The Bertz CT molecular complexity index is 607. The van der Waals surface area contributed by atoms with Crippen molar-refractivity contribution in [2.45, 2.75) is 25.8 Å². The van der Waals surface area contributed by atoms with E-state index in [4.69, 9.17) is 15.2 Å². The number of ether oxygens (including phenoxy) is 2. The average Bonchev–Trinajstić information content (AvgIpc) is 2.49. The van der Waals surface area contributed by atoms with Crippen LogP contribution in [0.4, 0.5) is 0 Å². The highest BCUT2D eigenvalue weighted by molar-refractivity contribution is 5.44. The lowest BCUT2D eigenvalue weighted by atomic mass is 9.99. The molecule has 1 atom stereocenters. The highest BCUT2D eigenvalue weighted by Crippen LogP contribution is 2.31. The Kier molecular flexibility index (Phi) is 4.11. The minimum atomic E-state index is 0.107. The van der Waals surface area contributed by atoms with E-state index in [0.29, 0.717) is 13.2 Å². The van der Waals surface area contributed by atoms with Crippen LogP contribution in [-0.4, -0.2) is 19.3 Å². The number of rotatable bonds is 4. The first-order valence-electron chi connectivity index (χ1n) is 7.40. The van der Waals surface area contributed by atoms with Crippen molar-refractivity contribution in [3.63, 3.8) is 0 Å². The zero-order chi connectivity index (χ0) is 14.7. The molecule has 0 saturated carbocycles. The molecule has 0 saturated heterocycles. The fraction of sp³-hybridized carbons (Fsp3) is 0.333. The van der Waals surface area contributed by atoms with Crippen LogP contribution >= 0.6 is 0 Å². The van der Waals surface area contributed by atoms with Crippen LogP contribution < -0.4 is 15.2 Å². The van der Waals surface area contributed by atoms with Gasteiger partial charge in [-0.3, -0.25) is 0 Å². The molecular formula is C18H21NO2. The van der Waals surface area contributed by atoms with Crippen LogP contribution in [0.25, 0.3) is 0 Å². The van der Waals surface area contributed by atoms with E-state index in [1.54, 1.807) is 0 Å². The van der Waals surface area contributed by atoms with Gasteiger partial charge in [0.15, 0.2) is 11.5 Å². The maximum atomic E-state index is 6.28. The lowest BCUT2D eigenvalue weighted by Crippen LogP contribution is -2.25. The second-order valence-electron chi connectivity index (χ2n) is 5.63. The molecule has 1 heterocycles. The summed E-state index contributed by atoms with van der Waals surface area (Å²) in [6.07, 6.45) is 1.72. The molecule has 3 rings (SSSR count). The van der Waals surface area contributed by atoms with Gasteiger partial charge in [-0.05, 0) is 43.0 Å². The van der Waals surface area contributed by atoms with Crippen molar-refractivity contribution in [2.24, 2.45) is 5.73 Å². The van der Waals surface area contributed by atoms with Gasteiger partial charge < -0.3 is 15.2 Å². The molecule has 1 aliphatic rings. The maximum Gasteiger partial charge on any atom is 0.161 e. The van der Waals surface area contributed by atoms with Crippen LogP contribution in [0.3, 0.4) is 0 Å². The molecule has 2 aromatic carbocycles. The summed E-state index contributed by atoms with van der Waals surface area (Å²) in [5.41, 5.74) is 10.0. The Hall–Kier alpha value is -2.00. The van der Waals surface area contributed by atoms with Crippen molar-refractivity contribution < 1.29 is 9.47 Å². The minimum Gasteiger partial charge on any atom is -0.486 e. The lowest BCUT2D eigenvalue weighted by Gasteiger charge is -2.19. The Labute approximate surface area is 125 Å². The summed E-state index contributed by atoms with van der Waals surface area (Å²) in [6, 6.07) is 14.8. The average molecular weight is 283 g/mol. The second-order valence-corrected chi connectivity index (χ2v) is 5.63. The van der Waals surface area contributed by atoms with Gasteiger partial charge >= 0.3 is 0 Å². The molecule has 2 N–H and O–H groups in total. The third-order valence-corrected chi connectivity index (χ3v) is 3.72. The fourth-order valence-corrected chi connectivity index (χ4v) is 2.62. The van der Waals surface area contributed by atoms with Gasteiger partial charge in [-0.1, -0.05) is 35.9 Å². The Morgan fingerprint density at radius 1 is 0.905 bits per heavy atom. The largest absolute Gasteiger partial charge is 0.486 e. The van der Waals surface area contributed by atoms with Gasteiger partial charge in [-0.2, -0.15) is 0 Å². The number of aryl methyl sites for hydroxylation is 1. The topological polar surface area (TPSA) is 44.5 Å². The molecule has 1 unspecified atom stereocenters. The van der Waals surface area contributed by atoms with Gasteiger partial charge in [0.1, 0.15) is 13.2 Å². The van der Waals surface area contributed by atoms with E-state index in [9.17, 15) is 0 Å². The molecule has 0 aliphatic carbocycles. The third-order valence-electron chi connectivity index (χ3n) is 3.72. The summed E-state index contributed by atoms with van der Waals surface area (Å²) in [7, 11) is 0. The highest BCUT2D eigenvalue weighted by Gasteiger charge is 2.13. The molecule has 110 valence electrons. The van der Waals surface area contributed by atoms with Crippen LogP contribution in [0.5, 0.6) is 11.5 Å². The number of fused-ring (bicyclic) bond motifs is 1. The van der Waals surface area contributed by atoms with Crippen LogP contribution in [0.15, 0.2) is 42.5 Å². The van der Waals surface area contributed by atoms with Gasteiger partial charge in [0.05, 0.1) is 0 Å². The van der Waals surface area contributed by atoms with Crippen molar-refractivity contribution in [3.05, 3.63) is 59.2 Å². The van der Waals surface area contributed by atoms with Crippen molar-refractivity contribution in [1.82, 2.24) is 0 Å². The second kappa shape index (κ2) is 6.19. The van der Waals surface area contributed by atoms with Gasteiger partial charge in [0, 0.05) is 6.04 Å². The lowest BCUT2D eigenvalue weighted by molar-refractivity contribution is 0.171. The zero-order valence-corrected chi connectivity index (χ0v) is 12.3. The molecular weight excluding hydrogens is 262 g/mol. The van der Waals surface area contributed by atoms with Crippen LogP contribution in [0, 0.1) is 6.92 Å². The summed E-state index contributed by atoms with van der Waals surface area (Å²) in [6.45, 7) is 3.34. The molecule has 21 heavy (non-hydrogen) atoms. The molecule has 3 nitrogen and oxygen atoms in total. The Morgan fingerprint density at radius 3 is 2.29 bits per heavy atom. The van der Waals surface area contributed by atoms with E-state index < -0.39 is 0 Å². The van der Waals surface area contributed by atoms with Gasteiger partial charge in [-0.25, -0.2) is 0 Å². The Balaban J connectivity index is 1.64. The van der Waals surface area contributed by atoms with E-state index >= 15 is 0 Å². The molecule has 0 radical (unpaired) electrons. The molecule has 3 heteroatoms. The SMILES string of the molecule is Cc1ccc(CC(N)Cc2ccc3c(c2)OCCO3)cc1. The standard InChI is InChI=1S/C18H21NO2/c1-13-2-4-14(5-3-13)10-16(19)11-15-6-7-17-18(12-15)21-9-8-20-17/h2-7,12,16H,8-11,19H2,1H3. The molecule has 0 amide bonds. The van der Waals surface area contributed by atoms with Crippen molar-refractivity contribution in [3.8, 4) is 11.5 Å². The molecule has 0 bridgehead atoms. The third kappa shape index (κ3) is 3.56. The monoisotopic (exact) mass is 283 g/mol. The number of hydrogen-bond acceptors (Lipinski definition) is 3. The van der Waals surface area contributed by atoms with Crippen LogP contribution in [0.1, 0.15) is 16.7 Å².